The third-order valence-electron chi connectivity index (χ3n) is 7.29. The van der Waals surface area contributed by atoms with Gasteiger partial charge in [-0.2, -0.15) is 0 Å². The lowest BCUT2D eigenvalue weighted by Crippen LogP contribution is -2.47. The van der Waals surface area contributed by atoms with Crippen LogP contribution in [0.25, 0.3) is 5.69 Å². The van der Waals surface area contributed by atoms with Gasteiger partial charge in [-0.05, 0) is 74.0 Å². The molecule has 5 rings (SSSR count). The van der Waals surface area contributed by atoms with Crippen molar-refractivity contribution >= 4 is 6.03 Å². The van der Waals surface area contributed by atoms with Gasteiger partial charge in [0, 0.05) is 24.1 Å². The minimum absolute atomic E-state index is 0.0142. The van der Waals surface area contributed by atoms with Crippen molar-refractivity contribution in [1.82, 2.24) is 20.2 Å². The Hall–Kier alpha value is -2.30. The molecule has 1 heterocycles. The summed E-state index contributed by atoms with van der Waals surface area (Å²) in [5.41, 5.74) is 2.18. The van der Waals surface area contributed by atoms with Crippen molar-refractivity contribution in [1.29, 1.82) is 0 Å². The number of imidazole rings is 1. The lowest BCUT2D eigenvalue weighted by atomic mass is 9.79. The van der Waals surface area contributed by atoms with Crippen LogP contribution < -0.4 is 10.6 Å². The zero-order valence-electron chi connectivity index (χ0n) is 15.8. The molecule has 2 bridgehead atoms. The van der Waals surface area contributed by atoms with Gasteiger partial charge in [-0.15, -0.1) is 0 Å². The van der Waals surface area contributed by atoms with Crippen LogP contribution in [-0.4, -0.2) is 21.6 Å². The van der Waals surface area contributed by atoms with E-state index in [-0.39, 0.29) is 12.1 Å². The van der Waals surface area contributed by atoms with E-state index in [1.54, 1.807) is 12.5 Å². The van der Waals surface area contributed by atoms with Crippen molar-refractivity contribution in [3.8, 4) is 5.69 Å². The fraction of sp³-hybridized carbons (Fsp3) is 0.545. The smallest absolute Gasteiger partial charge is 0.315 e. The van der Waals surface area contributed by atoms with E-state index < -0.39 is 0 Å². The van der Waals surface area contributed by atoms with Crippen molar-refractivity contribution in [2.24, 2.45) is 23.7 Å². The molecule has 1 aromatic carbocycles. The molecule has 0 saturated heterocycles. The molecule has 3 aliphatic rings. The number of urea groups is 1. The Kier molecular flexibility index (Phi) is 4.18. The Morgan fingerprint density at radius 3 is 2.74 bits per heavy atom. The molecule has 1 aromatic heterocycles. The highest BCUT2D eigenvalue weighted by atomic mass is 16.2. The minimum Gasteiger partial charge on any atom is -0.335 e. The van der Waals surface area contributed by atoms with Crippen LogP contribution in [0.2, 0.25) is 0 Å². The normalized spacial score (nSPS) is 32.3. The largest absolute Gasteiger partial charge is 0.335 e. The summed E-state index contributed by atoms with van der Waals surface area (Å²) in [6.45, 7) is 2.04. The number of nitrogens with zero attached hydrogens (tertiary/aromatic N) is 2. The van der Waals surface area contributed by atoms with Gasteiger partial charge in [0.2, 0.25) is 0 Å². The first kappa shape index (κ1) is 16.8. The van der Waals surface area contributed by atoms with Gasteiger partial charge < -0.3 is 15.2 Å². The average molecular weight is 364 g/mol. The quantitative estimate of drug-likeness (QED) is 0.860. The van der Waals surface area contributed by atoms with Crippen molar-refractivity contribution < 1.29 is 4.79 Å². The van der Waals surface area contributed by atoms with Crippen molar-refractivity contribution in [3.63, 3.8) is 0 Å². The van der Waals surface area contributed by atoms with E-state index in [0.29, 0.717) is 6.04 Å². The molecule has 5 heteroatoms. The van der Waals surface area contributed by atoms with Crippen LogP contribution in [-0.2, 0) is 0 Å². The lowest BCUT2D eigenvalue weighted by molar-refractivity contribution is 0.196. The predicted octanol–water partition coefficient (Wildman–Crippen LogP) is 4.06. The molecule has 2 N–H and O–H groups in total. The van der Waals surface area contributed by atoms with Crippen LogP contribution in [0.3, 0.4) is 0 Å². The van der Waals surface area contributed by atoms with Crippen LogP contribution in [0.4, 0.5) is 4.79 Å². The molecule has 0 unspecified atom stereocenters. The molecule has 0 spiro atoms. The van der Waals surface area contributed by atoms with Gasteiger partial charge in [-0.1, -0.05) is 18.6 Å². The molecule has 0 aliphatic heterocycles. The molecule has 3 saturated carbocycles. The first-order valence-electron chi connectivity index (χ1n) is 10.3. The highest BCUT2D eigenvalue weighted by Crippen LogP contribution is 2.58. The Bertz CT molecular complexity index is 800. The highest BCUT2D eigenvalue weighted by Gasteiger charge is 2.54. The van der Waals surface area contributed by atoms with E-state index >= 15 is 0 Å². The van der Waals surface area contributed by atoms with Crippen molar-refractivity contribution in [3.05, 3.63) is 48.5 Å². The summed E-state index contributed by atoms with van der Waals surface area (Å²) in [6.07, 6.45) is 12.2. The second kappa shape index (κ2) is 6.70. The molecule has 3 aliphatic carbocycles. The Morgan fingerprint density at radius 1 is 1.15 bits per heavy atom. The van der Waals surface area contributed by atoms with Crippen molar-refractivity contribution in [2.45, 2.75) is 51.1 Å². The Morgan fingerprint density at radius 2 is 1.96 bits per heavy atom. The first-order chi connectivity index (χ1) is 13.2. The number of aromatic nitrogens is 2. The third-order valence-corrected chi connectivity index (χ3v) is 7.29. The maximum atomic E-state index is 12.6. The van der Waals surface area contributed by atoms with Crippen LogP contribution in [0.1, 0.15) is 50.6 Å². The van der Waals surface area contributed by atoms with Gasteiger partial charge in [0.05, 0.1) is 12.4 Å². The summed E-state index contributed by atoms with van der Waals surface area (Å²) < 4.78 is 1.97. The van der Waals surface area contributed by atoms with Gasteiger partial charge in [0.15, 0.2) is 0 Å². The maximum absolute atomic E-state index is 12.6. The minimum atomic E-state index is -0.0201. The highest BCUT2D eigenvalue weighted by molar-refractivity contribution is 5.75. The van der Waals surface area contributed by atoms with E-state index in [1.807, 2.05) is 17.7 Å². The zero-order valence-corrected chi connectivity index (χ0v) is 15.8. The van der Waals surface area contributed by atoms with Gasteiger partial charge in [-0.3, -0.25) is 0 Å². The van der Waals surface area contributed by atoms with E-state index in [4.69, 9.17) is 0 Å². The Balaban J connectivity index is 1.18. The molecular formula is C22H28N4O. The number of benzene rings is 1. The molecule has 6 atom stereocenters. The molecule has 2 aromatic rings. The number of rotatable bonds is 4. The summed E-state index contributed by atoms with van der Waals surface area (Å²) in [6, 6.07) is 8.60. The van der Waals surface area contributed by atoms with E-state index in [9.17, 15) is 4.79 Å². The molecule has 2 amide bonds. The molecule has 0 radical (unpaired) electrons. The number of carbonyl (C=O) groups is 1. The Labute approximate surface area is 160 Å². The molecule has 142 valence electrons. The summed E-state index contributed by atoms with van der Waals surface area (Å²) >= 11 is 0. The summed E-state index contributed by atoms with van der Waals surface area (Å²) in [4.78, 5) is 16.6. The van der Waals surface area contributed by atoms with E-state index in [0.717, 1.165) is 34.9 Å². The SMILES string of the molecule is C[C@H](NC(=O)N[C@@H]1C[C@H]2C[C@H]1[C@@H]1CCC[C@@H]21)c1ccc(-n2ccnc2)cc1. The summed E-state index contributed by atoms with van der Waals surface area (Å²) in [5, 5.41) is 6.42. The molecule has 5 nitrogen and oxygen atoms in total. The third kappa shape index (κ3) is 3.03. The number of nitrogens with one attached hydrogen (secondary N) is 2. The van der Waals surface area contributed by atoms with Crippen molar-refractivity contribution in [2.75, 3.05) is 0 Å². The fourth-order valence-corrected chi connectivity index (χ4v) is 6.07. The van der Waals surface area contributed by atoms with Gasteiger partial charge in [0.1, 0.15) is 0 Å². The second-order valence-electron chi connectivity index (χ2n) is 8.66. The number of carbonyl (C=O) groups excluding carboxylic acids is 1. The number of fused-ring (bicyclic) bond motifs is 5. The monoisotopic (exact) mass is 364 g/mol. The molecule has 3 fully saturated rings. The van der Waals surface area contributed by atoms with Crippen LogP contribution in [0.15, 0.2) is 43.0 Å². The van der Waals surface area contributed by atoms with Gasteiger partial charge >= 0.3 is 6.03 Å². The number of amides is 2. The van der Waals surface area contributed by atoms with E-state index in [1.165, 1.54) is 32.1 Å². The van der Waals surface area contributed by atoms with Crippen LogP contribution in [0.5, 0.6) is 0 Å². The standard InChI is InChI=1S/C22H28N4O/c1-14(15-5-7-17(8-6-15)26-10-9-23-13-26)24-22(27)25-21-12-16-11-20(21)19-4-2-3-18(16)19/h5-10,13-14,16,18-21H,2-4,11-12H2,1H3,(H2,24,25,27)/t14-,16+,18-,19+,20-,21+/m0/s1. The molecule has 27 heavy (non-hydrogen) atoms. The predicted molar refractivity (Wildman–Crippen MR) is 104 cm³/mol. The maximum Gasteiger partial charge on any atom is 0.315 e. The second-order valence-corrected chi connectivity index (χ2v) is 8.66. The van der Waals surface area contributed by atoms with Gasteiger partial charge in [-0.25, -0.2) is 9.78 Å². The number of hydrogen-bond acceptors (Lipinski definition) is 2. The molecular weight excluding hydrogens is 336 g/mol. The fourth-order valence-electron chi connectivity index (χ4n) is 6.07. The lowest BCUT2D eigenvalue weighted by Gasteiger charge is -2.32. The topological polar surface area (TPSA) is 59.0 Å². The van der Waals surface area contributed by atoms with Crippen LogP contribution in [0, 0.1) is 23.7 Å². The summed E-state index contributed by atoms with van der Waals surface area (Å²) in [5.74, 6) is 3.42. The average Bonchev–Trinajstić information content (AvgIpc) is 3.43. The number of hydrogen-bond donors (Lipinski definition) is 2. The van der Waals surface area contributed by atoms with Gasteiger partial charge in [0.25, 0.3) is 0 Å². The first-order valence-corrected chi connectivity index (χ1v) is 10.3. The van der Waals surface area contributed by atoms with E-state index in [2.05, 4.69) is 39.9 Å². The zero-order chi connectivity index (χ0) is 18.4. The summed E-state index contributed by atoms with van der Waals surface area (Å²) in [7, 11) is 0. The van der Waals surface area contributed by atoms with Crippen LogP contribution >= 0.6 is 0 Å².